The van der Waals surface area contributed by atoms with Gasteiger partial charge >= 0.3 is 5.97 Å². The Kier molecular flexibility index (Phi) is 27.1. The van der Waals surface area contributed by atoms with Crippen LogP contribution in [0.4, 0.5) is 0 Å². The Morgan fingerprint density at radius 3 is 1.82 bits per heavy atom. The minimum absolute atomic E-state index is 0.0291. The molecule has 0 aromatic carbocycles. The normalized spacial score (nSPS) is 14.2. The van der Waals surface area contributed by atoms with Crippen LogP contribution in [0, 0.1) is 0 Å². The van der Waals surface area contributed by atoms with Gasteiger partial charge in [0.15, 0.2) is 6.29 Å². The molecule has 0 heterocycles. The molecule has 0 aliphatic carbocycles. The lowest BCUT2D eigenvalue weighted by Gasteiger charge is -2.27. The zero-order valence-corrected chi connectivity index (χ0v) is 24.7. The van der Waals surface area contributed by atoms with E-state index < -0.39 is 12.3 Å². The summed E-state index contributed by atoms with van der Waals surface area (Å²) in [7, 11) is 0. The molecule has 0 fully saturated rings. The van der Waals surface area contributed by atoms with Crippen molar-refractivity contribution in [2.24, 2.45) is 0 Å². The number of ether oxygens (including phenoxy) is 8. The molecule has 3 unspecified atom stereocenters. The fraction of sp³-hybridized carbons (Fsp3) is 0.964. The van der Waals surface area contributed by atoms with Crippen molar-refractivity contribution in [1.29, 1.82) is 0 Å². The third kappa shape index (κ3) is 25.4. The van der Waals surface area contributed by atoms with Crippen molar-refractivity contribution >= 4 is 5.97 Å². The van der Waals surface area contributed by atoms with Crippen LogP contribution in [0.3, 0.4) is 0 Å². The summed E-state index contributed by atoms with van der Waals surface area (Å²) in [5, 5.41) is 8.82. The van der Waals surface area contributed by atoms with Crippen LogP contribution in [0.1, 0.15) is 79.6 Å². The van der Waals surface area contributed by atoms with Crippen LogP contribution in [0.15, 0.2) is 0 Å². The lowest BCUT2D eigenvalue weighted by atomic mass is 10.1. The van der Waals surface area contributed by atoms with E-state index in [1.807, 2.05) is 27.7 Å². The van der Waals surface area contributed by atoms with Crippen molar-refractivity contribution in [3.05, 3.63) is 0 Å². The smallest absolute Gasteiger partial charge is 0.303 e. The molecule has 0 spiro atoms. The van der Waals surface area contributed by atoms with E-state index in [2.05, 4.69) is 6.92 Å². The Balaban J connectivity index is 4.90. The summed E-state index contributed by atoms with van der Waals surface area (Å²) in [6.07, 6.45) is 4.08. The number of carboxylic acid groups (broad SMARTS) is 1. The van der Waals surface area contributed by atoms with Gasteiger partial charge in [-0.05, 0) is 53.4 Å². The van der Waals surface area contributed by atoms with Crippen molar-refractivity contribution in [2.45, 2.75) is 104 Å². The third-order valence-corrected chi connectivity index (χ3v) is 5.56. The Labute approximate surface area is 230 Å². The molecule has 0 saturated heterocycles. The van der Waals surface area contributed by atoms with Gasteiger partial charge in [-0.2, -0.15) is 0 Å². The average Bonchev–Trinajstić information content (AvgIpc) is 2.88. The van der Waals surface area contributed by atoms with E-state index in [0.717, 1.165) is 19.3 Å². The van der Waals surface area contributed by atoms with Gasteiger partial charge in [0.1, 0.15) is 0 Å². The molecule has 1 N–H and O–H groups in total. The van der Waals surface area contributed by atoms with Crippen LogP contribution in [0.5, 0.6) is 0 Å². The highest BCUT2D eigenvalue weighted by molar-refractivity contribution is 5.66. The number of hydrogen-bond donors (Lipinski definition) is 1. The standard InChI is InChI=1S/C28H56O10/c1-6-25(35-21-20-34-24(4)5)22-26(36-18-16-32-8-3)23-28(37-13-11-9-10-12-27(29)30)38-19-17-33-15-14-31-7-2/h24-26,28H,6-23H2,1-5H3,(H,29,30). The van der Waals surface area contributed by atoms with Gasteiger partial charge < -0.3 is 43.0 Å². The van der Waals surface area contributed by atoms with E-state index in [1.165, 1.54) is 0 Å². The fourth-order valence-electron chi connectivity index (χ4n) is 3.57. The molecule has 0 aliphatic heterocycles. The van der Waals surface area contributed by atoms with E-state index in [1.54, 1.807) is 0 Å². The highest BCUT2D eigenvalue weighted by atomic mass is 16.7. The monoisotopic (exact) mass is 552 g/mol. The van der Waals surface area contributed by atoms with Crippen LogP contribution >= 0.6 is 0 Å². The van der Waals surface area contributed by atoms with Crippen molar-refractivity contribution in [2.75, 3.05) is 72.7 Å². The molecule has 3 atom stereocenters. The van der Waals surface area contributed by atoms with E-state index in [9.17, 15) is 4.79 Å². The number of hydrogen-bond acceptors (Lipinski definition) is 9. The number of carboxylic acids is 1. The predicted molar refractivity (Wildman–Crippen MR) is 146 cm³/mol. The van der Waals surface area contributed by atoms with Gasteiger partial charge in [-0.3, -0.25) is 4.79 Å². The number of aliphatic carboxylic acids is 1. The molecule has 0 rings (SSSR count). The van der Waals surface area contributed by atoms with Crippen molar-refractivity contribution in [1.82, 2.24) is 0 Å². The van der Waals surface area contributed by atoms with E-state index in [0.29, 0.717) is 91.9 Å². The maximum absolute atomic E-state index is 10.7. The first-order valence-electron chi connectivity index (χ1n) is 14.5. The van der Waals surface area contributed by atoms with E-state index >= 15 is 0 Å². The van der Waals surface area contributed by atoms with Gasteiger partial charge in [0, 0.05) is 32.7 Å². The molecule has 0 aromatic rings. The molecule has 0 saturated carbocycles. The van der Waals surface area contributed by atoms with Crippen LogP contribution in [0.2, 0.25) is 0 Å². The summed E-state index contributed by atoms with van der Waals surface area (Å²) in [4.78, 5) is 10.7. The molecule has 0 aliphatic rings. The lowest BCUT2D eigenvalue weighted by molar-refractivity contribution is -0.175. The van der Waals surface area contributed by atoms with Crippen LogP contribution in [-0.4, -0.2) is 108 Å². The minimum Gasteiger partial charge on any atom is -0.481 e. The molecule has 10 heteroatoms. The average molecular weight is 553 g/mol. The minimum atomic E-state index is -0.771. The summed E-state index contributed by atoms with van der Waals surface area (Å²) < 4.78 is 46.3. The van der Waals surface area contributed by atoms with Crippen molar-refractivity contribution < 1.29 is 47.8 Å². The highest BCUT2D eigenvalue weighted by Gasteiger charge is 2.22. The first kappa shape index (κ1) is 37.1. The zero-order chi connectivity index (χ0) is 28.3. The van der Waals surface area contributed by atoms with Crippen LogP contribution in [-0.2, 0) is 42.7 Å². The van der Waals surface area contributed by atoms with E-state index in [-0.39, 0.29) is 24.7 Å². The van der Waals surface area contributed by atoms with Crippen LogP contribution in [0.25, 0.3) is 0 Å². The fourth-order valence-corrected chi connectivity index (χ4v) is 3.57. The van der Waals surface area contributed by atoms with Crippen molar-refractivity contribution in [3.63, 3.8) is 0 Å². The van der Waals surface area contributed by atoms with E-state index in [4.69, 9.17) is 43.0 Å². The van der Waals surface area contributed by atoms with Gasteiger partial charge in [-0.25, -0.2) is 0 Å². The van der Waals surface area contributed by atoms with Gasteiger partial charge in [0.05, 0.1) is 71.2 Å². The number of carbonyl (C=O) groups is 1. The SMILES string of the molecule is CCOCCOCCOC(CC(CC(CC)OCCOC(C)C)OCCOCC)OCCCCCC(=O)O. The highest BCUT2D eigenvalue weighted by Crippen LogP contribution is 2.18. The molecule has 0 bridgehead atoms. The molecule has 228 valence electrons. The zero-order valence-electron chi connectivity index (χ0n) is 24.7. The topological polar surface area (TPSA) is 111 Å². The molecule has 10 nitrogen and oxygen atoms in total. The Bertz CT molecular complexity index is 506. The Morgan fingerprint density at radius 2 is 1.16 bits per heavy atom. The third-order valence-electron chi connectivity index (χ3n) is 5.56. The second-order valence-electron chi connectivity index (χ2n) is 9.17. The summed E-state index contributed by atoms with van der Waals surface area (Å²) in [6, 6.07) is 0. The van der Waals surface area contributed by atoms with Gasteiger partial charge in [0.25, 0.3) is 0 Å². The second kappa shape index (κ2) is 27.7. The lowest BCUT2D eigenvalue weighted by Crippen LogP contribution is -2.32. The maximum atomic E-state index is 10.7. The molecular weight excluding hydrogens is 496 g/mol. The largest absolute Gasteiger partial charge is 0.481 e. The number of rotatable bonds is 30. The van der Waals surface area contributed by atoms with Gasteiger partial charge in [0.2, 0.25) is 0 Å². The first-order valence-corrected chi connectivity index (χ1v) is 14.5. The second-order valence-corrected chi connectivity index (χ2v) is 9.17. The number of unbranched alkanes of at least 4 members (excludes halogenated alkanes) is 2. The van der Waals surface area contributed by atoms with Crippen LogP contribution < -0.4 is 0 Å². The Hall–Kier alpha value is -0.850. The van der Waals surface area contributed by atoms with Gasteiger partial charge in [-0.15, -0.1) is 0 Å². The summed E-state index contributed by atoms with van der Waals surface area (Å²) >= 11 is 0. The summed E-state index contributed by atoms with van der Waals surface area (Å²) in [5.74, 6) is -0.771. The Morgan fingerprint density at radius 1 is 0.605 bits per heavy atom. The predicted octanol–water partition coefficient (Wildman–Crippen LogP) is 4.47. The molecular formula is C28H56O10. The summed E-state index contributed by atoms with van der Waals surface area (Å²) in [5.41, 5.74) is 0. The van der Waals surface area contributed by atoms with Gasteiger partial charge in [-0.1, -0.05) is 13.3 Å². The molecule has 0 radical (unpaired) electrons. The first-order chi connectivity index (χ1) is 18.4. The molecule has 38 heavy (non-hydrogen) atoms. The van der Waals surface area contributed by atoms with Crippen molar-refractivity contribution in [3.8, 4) is 0 Å². The molecule has 0 amide bonds. The quantitative estimate of drug-likeness (QED) is 0.101. The maximum Gasteiger partial charge on any atom is 0.303 e. The summed E-state index contributed by atoms with van der Waals surface area (Å²) in [6.45, 7) is 15.8. The molecule has 0 aromatic heterocycles.